The Bertz CT molecular complexity index is 341. The van der Waals surface area contributed by atoms with Crippen molar-refractivity contribution in [3.63, 3.8) is 0 Å². The Morgan fingerprint density at radius 2 is 2.13 bits per heavy atom. The zero-order valence-corrected chi connectivity index (χ0v) is 8.48. The van der Waals surface area contributed by atoms with Crippen molar-refractivity contribution in [2.24, 2.45) is 5.73 Å². The van der Waals surface area contributed by atoms with Crippen molar-refractivity contribution in [3.05, 3.63) is 23.8 Å². The predicted octanol–water partition coefficient (Wildman–Crippen LogP) is 0.840. The Labute approximate surface area is 88.6 Å². The number of fused-ring (bicyclic) bond motifs is 1. The number of para-hydroxylation sites is 1. The largest absolute Gasteiger partial charge is 0.486 e. The van der Waals surface area contributed by atoms with Crippen LogP contribution in [0, 0.1) is 0 Å². The number of nitrogens with two attached hydrogens (primary N) is 1. The van der Waals surface area contributed by atoms with E-state index >= 15 is 0 Å². The standard InChI is InChI=1S/C11H15NO3/c12-5-4-9(13)8-2-1-3-10-11(8)15-7-6-14-10/h1-3,9,13H,4-7,12H2/t9-/m0/s1. The molecule has 3 N–H and O–H groups in total. The summed E-state index contributed by atoms with van der Waals surface area (Å²) >= 11 is 0. The van der Waals surface area contributed by atoms with E-state index in [2.05, 4.69) is 0 Å². The van der Waals surface area contributed by atoms with Gasteiger partial charge < -0.3 is 20.3 Å². The lowest BCUT2D eigenvalue weighted by Crippen LogP contribution is -2.18. The summed E-state index contributed by atoms with van der Waals surface area (Å²) in [7, 11) is 0. The van der Waals surface area contributed by atoms with Gasteiger partial charge in [0, 0.05) is 5.56 Å². The fourth-order valence-electron chi connectivity index (χ4n) is 1.67. The van der Waals surface area contributed by atoms with Crippen LogP contribution in [0.15, 0.2) is 18.2 Å². The van der Waals surface area contributed by atoms with Gasteiger partial charge in [-0.15, -0.1) is 0 Å². The number of rotatable bonds is 3. The molecular weight excluding hydrogens is 194 g/mol. The average Bonchev–Trinajstić information content (AvgIpc) is 2.28. The van der Waals surface area contributed by atoms with Gasteiger partial charge in [0.05, 0.1) is 6.10 Å². The van der Waals surface area contributed by atoms with Crippen LogP contribution >= 0.6 is 0 Å². The van der Waals surface area contributed by atoms with E-state index in [1.54, 1.807) is 0 Å². The molecule has 0 aromatic heterocycles. The van der Waals surface area contributed by atoms with Gasteiger partial charge in [0.15, 0.2) is 11.5 Å². The van der Waals surface area contributed by atoms with Gasteiger partial charge in [-0.1, -0.05) is 12.1 Å². The molecule has 0 spiro atoms. The first kappa shape index (κ1) is 10.3. The van der Waals surface area contributed by atoms with E-state index in [0.717, 1.165) is 5.56 Å². The quantitative estimate of drug-likeness (QED) is 0.774. The third-order valence-corrected chi connectivity index (χ3v) is 2.40. The summed E-state index contributed by atoms with van der Waals surface area (Å²) in [6, 6.07) is 5.53. The molecule has 1 aromatic rings. The number of ether oxygens (including phenoxy) is 2. The lowest BCUT2D eigenvalue weighted by Gasteiger charge is -2.22. The molecule has 1 aliphatic rings. The second-order valence-electron chi connectivity index (χ2n) is 3.46. The number of hydrogen-bond acceptors (Lipinski definition) is 4. The van der Waals surface area contributed by atoms with Gasteiger partial charge in [0.2, 0.25) is 0 Å². The Morgan fingerprint density at radius 1 is 1.33 bits per heavy atom. The maximum atomic E-state index is 9.86. The van der Waals surface area contributed by atoms with Crippen LogP contribution in [0.5, 0.6) is 11.5 Å². The zero-order chi connectivity index (χ0) is 10.7. The number of hydrogen-bond donors (Lipinski definition) is 2. The third kappa shape index (κ3) is 2.06. The first-order valence-corrected chi connectivity index (χ1v) is 5.09. The fraction of sp³-hybridized carbons (Fsp3) is 0.455. The van der Waals surface area contributed by atoms with E-state index in [4.69, 9.17) is 15.2 Å². The molecular formula is C11H15NO3. The van der Waals surface area contributed by atoms with Crippen LogP contribution < -0.4 is 15.2 Å². The topological polar surface area (TPSA) is 64.7 Å². The number of benzene rings is 1. The molecule has 4 nitrogen and oxygen atoms in total. The Balaban J connectivity index is 2.30. The summed E-state index contributed by atoms with van der Waals surface area (Å²) in [4.78, 5) is 0. The van der Waals surface area contributed by atoms with Gasteiger partial charge in [-0.2, -0.15) is 0 Å². The van der Waals surface area contributed by atoms with E-state index in [0.29, 0.717) is 37.7 Å². The lowest BCUT2D eigenvalue weighted by atomic mass is 10.0. The molecule has 1 atom stereocenters. The first-order chi connectivity index (χ1) is 7.33. The molecule has 0 saturated carbocycles. The molecule has 0 bridgehead atoms. The summed E-state index contributed by atoms with van der Waals surface area (Å²) in [5.41, 5.74) is 6.17. The molecule has 15 heavy (non-hydrogen) atoms. The lowest BCUT2D eigenvalue weighted by molar-refractivity contribution is 0.142. The van der Waals surface area contributed by atoms with Crippen molar-refractivity contribution < 1.29 is 14.6 Å². The fourth-order valence-corrected chi connectivity index (χ4v) is 1.67. The van der Waals surface area contributed by atoms with Crippen LogP contribution in [0.3, 0.4) is 0 Å². The summed E-state index contributed by atoms with van der Waals surface area (Å²) in [6.07, 6.45) is -0.0496. The van der Waals surface area contributed by atoms with E-state index < -0.39 is 6.10 Å². The minimum absolute atomic E-state index is 0.450. The van der Waals surface area contributed by atoms with Gasteiger partial charge in [0.1, 0.15) is 13.2 Å². The van der Waals surface area contributed by atoms with Crippen molar-refractivity contribution >= 4 is 0 Å². The van der Waals surface area contributed by atoms with Crippen LogP contribution in [0.2, 0.25) is 0 Å². The van der Waals surface area contributed by atoms with Crippen LogP contribution in [0.4, 0.5) is 0 Å². The molecule has 1 heterocycles. The van der Waals surface area contributed by atoms with Crippen LogP contribution in [0.1, 0.15) is 18.1 Å². The van der Waals surface area contributed by atoms with E-state index in [9.17, 15) is 5.11 Å². The Hall–Kier alpha value is -1.26. The maximum absolute atomic E-state index is 9.86. The molecule has 0 fully saturated rings. The summed E-state index contributed by atoms with van der Waals surface area (Å²) in [6.45, 7) is 1.54. The molecule has 1 aromatic carbocycles. The minimum Gasteiger partial charge on any atom is -0.486 e. The van der Waals surface area contributed by atoms with E-state index in [-0.39, 0.29) is 0 Å². The van der Waals surface area contributed by atoms with Crippen molar-refractivity contribution in [2.75, 3.05) is 19.8 Å². The maximum Gasteiger partial charge on any atom is 0.167 e. The monoisotopic (exact) mass is 209 g/mol. The van der Waals surface area contributed by atoms with Crippen molar-refractivity contribution in [1.29, 1.82) is 0 Å². The highest BCUT2D eigenvalue weighted by Gasteiger charge is 2.19. The molecule has 82 valence electrons. The number of aliphatic hydroxyl groups is 1. The third-order valence-electron chi connectivity index (χ3n) is 2.40. The summed E-state index contributed by atoms with van der Waals surface area (Å²) in [5.74, 6) is 1.36. The van der Waals surface area contributed by atoms with E-state index in [1.165, 1.54) is 0 Å². The molecule has 4 heteroatoms. The highest BCUT2D eigenvalue weighted by Crippen LogP contribution is 2.37. The van der Waals surface area contributed by atoms with Crippen LogP contribution in [0.25, 0.3) is 0 Å². The molecule has 0 unspecified atom stereocenters. The minimum atomic E-state index is -0.577. The molecule has 0 aliphatic carbocycles. The van der Waals surface area contributed by atoms with Gasteiger partial charge in [-0.05, 0) is 19.0 Å². The molecule has 0 amide bonds. The molecule has 1 aliphatic heterocycles. The highest BCUT2D eigenvalue weighted by molar-refractivity contribution is 5.48. The smallest absolute Gasteiger partial charge is 0.167 e. The SMILES string of the molecule is NCC[C@H](O)c1cccc2c1OCCO2. The zero-order valence-electron chi connectivity index (χ0n) is 8.48. The average molecular weight is 209 g/mol. The van der Waals surface area contributed by atoms with Gasteiger partial charge >= 0.3 is 0 Å². The van der Waals surface area contributed by atoms with E-state index in [1.807, 2.05) is 18.2 Å². The number of aliphatic hydroxyl groups excluding tert-OH is 1. The predicted molar refractivity (Wildman–Crippen MR) is 56.1 cm³/mol. The normalized spacial score (nSPS) is 16.1. The van der Waals surface area contributed by atoms with Crippen molar-refractivity contribution in [1.82, 2.24) is 0 Å². The molecule has 2 rings (SSSR count). The van der Waals surface area contributed by atoms with Crippen molar-refractivity contribution in [2.45, 2.75) is 12.5 Å². The summed E-state index contributed by atoms with van der Waals surface area (Å²) in [5, 5.41) is 9.86. The van der Waals surface area contributed by atoms with Crippen molar-refractivity contribution in [3.8, 4) is 11.5 Å². The van der Waals surface area contributed by atoms with Crippen LogP contribution in [-0.2, 0) is 0 Å². The van der Waals surface area contributed by atoms with Gasteiger partial charge in [-0.3, -0.25) is 0 Å². The first-order valence-electron chi connectivity index (χ1n) is 5.09. The van der Waals surface area contributed by atoms with Crippen LogP contribution in [-0.4, -0.2) is 24.9 Å². The second-order valence-corrected chi connectivity index (χ2v) is 3.46. The summed E-state index contributed by atoms with van der Waals surface area (Å²) < 4.78 is 10.9. The van der Waals surface area contributed by atoms with Gasteiger partial charge in [0.25, 0.3) is 0 Å². The molecule has 0 saturated heterocycles. The Morgan fingerprint density at radius 3 is 2.93 bits per heavy atom. The molecule has 0 radical (unpaired) electrons. The highest BCUT2D eigenvalue weighted by atomic mass is 16.6. The second kappa shape index (κ2) is 4.51. The Kier molecular flexibility index (Phi) is 3.08. The van der Waals surface area contributed by atoms with Gasteiger partial charge in [-0.25, -0.2) is 0 Å².